The number of carbonyl (C=O) groups is 1. The second-order valence-electron chi connectivity index (χ2n) is 7.77. The van der Waals surface area contributed by atoms with E-state index in [4.69, 9.17) is 4.74 Å². The van der Waals surface area contributed by atoms with E-state index in [-0.39, 0.29) is 30.2 Å². The third-order valence-electron chi connectivity index (χ3n) is 5.22. The fourth-order valence-corrected chi connectivity index (χ4v) is 4.63. The average Bonchev–Trinajstić information content (AvgIpc) is 3.18. The zero-order valence-corrected chi connectivity index (χ0v) is 18.2. The molecule has 1 unspecified atom stereocenters. The molecule has 1 fully saturated rings. The predicted molar refractivity (Wildman–Crippen MR) is 111 cm³/mol. The Morgan fingerprint density at radius 3 is 2.43 bits per heavy atom. The van der Waals surface area contributed by atoms with E-state index in [1.807, 2.05) is 0 Å². The Hall–Kier alpha value is -3.29. The van der Waals surface area contributed by atoms with Crippen LogP contribution in [0.4, 0.5) is 32.6 Å². The summed E-state index contributed by atoms with van der Waals surface area (Å²) in [4.78, 5) is 13.8. The van der Waals surface area contributed by atoms with Gasteiger partial charge in [0.1, 0.15) is 28.8 Å². The number of hydrogen-bond donors (Lipinski definition) is 1. The topological polar surface area (TPSA) is 59.9 Å². The maximum absolute atomic E-state index is 13.3. The second-order valence-corrected chi connectivity index (χ2v) is 10.2. The van der Waals surface area contributed by atoms with Crippen LogP contribution in [0.3, 0.4) is 0 Å². The lowest BCUT2D eigenvalue weighted by molar-refractivity contribution is -0.275. The molecule has 2 aromatic carbocycles. The van der Waals surface area contributed by atoms with Gasteiger partial charge in [0, 0.05) is 23.5 Å². The Bertz CT molecular complexity index is 1260. The number of piperidine rings is 1. The monoisotopic (exact) mass is 528 g/mol. The van der Waals surface area contributed by atoms with Gasteiger partial charge >= 0.3 is 16.6 Å². The van der Waals surface area contributed by atoms with Crippen molar-refractivity contribution < 1.29 is 46.9 Å². The van der Waals surface area contributed by atoms with Crippen molar-refractivity contribution in [3.8, 4) is 11.5 Å². The summed E-state index contributed by atoms with van der Waals surface area (Å²) >= 11 is 0. The number of carbonyl (C=O) groups excluding carboxylic acids is 1. The molecule has 2 aromatic rings. The van der Waals surface area contributed by atoms with Gasteiger partial charge in [-0.15, -0.1) is 13.2 Å². The number of ether oxygens (including phenoxy) is 2. The normalized spacial score (nSPS) is 20.1. The quantitative estimate of drug-likeness (QED) is 0.422. The molecule has 35 heavy (non-hydrogen) atoms. The molecule has 1 amide bonds. The van der Waals surface area contributed by atoms with Crippen molar-refractivity contribution in [2.75, 3.05) is 6.54 Å². The van der Waals surface area contributed by atoms with E-state index in [1.54, 1.807) is 6.08 Å². The van der Waals surface area contributed by atoms with Gasteiger partial charge in [-0.25, -0.2) is 0 Å². The predicted octanol–water partition coefficient (Wildman–Crippen LogP) is 6.76. The molecule has 0 aliphatic carbocycles. The van der Waals surface area contributed by atoms with Gasteiger partial charge < -0.3 is 14.8 Å². The molecule has 2 aliphatic heterocycles. The smallest absolute Gasteiger partial charge is 0.487 e. The van der Waals surface area contributed by atoms with Crippen molar-refractivity contribution in [2.24, 2.45) is 4.99 Å². The van der Waals surface area contributed by atoms with Gasteiger partial charge in [-0.2, -0.15) is 0 Å². The Balaban J connectivity index is 1.67. The van der Waals surface area contributed by atoms with E-state index < -0.39 is 51.4 Å². The summed E-state index contributed by atoms with van der Waals surface area (Å²) < 4.78 is 115. The zero-order valence-electron chi connectivity index (χ0n) is 17.4. The molecule has 0 spiro atoms. The van der Waals surface area contributed by atoms with Crippen LogP contribution in [0.1, 0.15) is 23.5 Å². The van der Waals surface area contributed by atoms with Gasteiger partial charge in [0.15, 0.2) is 0 Å². The first kappa shape index (κ1) is 24.8. The Morgan fingerprint density at radius 2 is 1.74 bits per heavy atom. The van der Waals surface area contributed by atoms with Gasteiger partial charge in [-0.1, -0.05) is 49.8 Å². The first-order chi connectivity index (χ1) is 16.0. The molecule has 1 N–H and O–H groups in total. The van der Waals surface area contributed by atoms with Crippen molar-refractivity contribution in [1.29, 1.82) is 0 Å². The van der Waals surface area contributed by atoms with Crippen LogP contribution in [0.15, 0.2) is 64.0 Å². The number of para-hydroxylation sites is 1. The average molecular weight is 528 g/mol. The van der Waals surface area contributed by atoms with E-state index in [1.165, 1.54) is 6.07 Å². The van der Waals surface area contributed by atoms with Crippen LogP contribution in [0.2, 0.25) is 0 Å². The van der Waals surface area contributed by atoms with Gasteiger partial charge in [0.2, 0.25) is 5.91 Å². The second kappa shape index (κ2) is 7.60. The van der Waals surface area contributed by atoms with Crippen LogP contribution in [0, 0.1) is 0 Å². The number of amides is 1. The Morgan fingerprint density at radius 1 is 1.03 bits per heavy atom. The lowest BCUT2D eigenvalue weighted by Crippen LogP contribution is -2.38. The highest BCUT2D eigenvalue weighted by atomic mass is 32.5. The number of aliphatic imine (C=N–C) groups is 1. The summed E-state index contributed by atoms with van der Waals surface area (Å²) in [6, 6.07) is 5.98. The summed E-state index contributed by atoms with van der Waals surface area (Å²) in [5.74, 6) is -2.77. The maximum Gasteiger partial charge on any atom is 0.573 e. The van der Waals surface area contributed by atoms with Gasteiger partial charge in [0.05, 0.1) is 6.54 Å². The summed E-state index contributed by atoms with van der Waals surface area (Å²) in [6.07, 6.45) is -3.54. The number of rotatable bonds is 6. The van der Waals surface area contributed by atoms with Crippen LogP contribution in [0.5, 0.6) is 11.5 Å². The van der Waals surface area contributed by atoms with Crippen molar-refractivity contribution >= 4 is 22.0 Å². The molecule has 2 heterocycles. The molecule has 4 rings (SSSR count). The molecule has 0 bridgehead atoms. The number of benzene rings is 2. The van der Waals surface area contributed by atoms with E-state index in [0.717, 1.165) is 24.3 Å². The fourth-order valence-electron chi connectivity index (χ4n) is 3.79. The molecule has 0 radical (unpaired) electrons. The van der Waals surface area contributed by atoms with Crippen LogP contribution in [-0.4, -0.2) is 24.6 Å². The van der Waals surface area contributed by atoms with Crippen LogP contribution in [0.25, 0.3) is 0 Å². The molecule has 0 aromatic heterocycles. The molecular formula is C21H16F8N2O3S. The maximum atomic E-state index is 13.3. The summed E-state index contributed by atoms with van der Waals surface area (Å²) in [6.45, 7) is -0.651. The molecule has 190 valence electrons. The van der Waals surface area contributed by atoms with Crippen molar-refractivity contribution in [2.45, 2.75) is 30.2 Å². The zero-order chi connectivity index (χ0) is 25.7. The number of fused-ring (bicyclic) bond motifs is 1. The number of halogens is 8. The van der Waals surface area contributed by atoms with Crippen LogP contribution < -0.4 is 14.8 Å². The minimum absolute atomic E-state index is 0.0799. The van der Waals surface area contributed by atoms with E-state index in [9.17, 15) is 37.4 Å². The lowest BCUT2D eigenvalue weighted by Gasteiger charge is -2.41. The third-order valence-corrected chi connectivity index (χ3v) is 6.39. The van der Waals surface area contributed by atoms with E-state index >= 15 is 0 Å². The van der Waals surface area contributed by atoms with Crippen molar-refractivity contribution in [3.63, 3.8) is 0 Å². The number of amidine groups is 1. The number of nitrogens with zero attached hydrogens (tertiary/aromatic N) is 1. The Labute approximate surface area is 193 Å². The fraction of sp³-hybridized carbons (Fsp3) is 0.238. The highest BCUT2D eigenvalue weighted by molar-refractivity contribution is 8.45. The molecule has 1 atom stereocenters. The minimum Gasteiger partial charge on any atom is -0.487 e. The van der Waals surface area contributed by atoms with E-state index in [2.05, 4.69) is 15.0 Å². The highest BCUT2D eigenvalue weighted by Crippen LogP contribution is 3.03. The summed E-state index contributed by atoms with van der Waals surface area (Å²) in [5.41, 5.74) is 0.519. The highest BCUT2D eigenvalue weighted by Gasteiger charge is 2.67. The van der Waals surface area contributed by atoms with Crippen molar-refractivity contribution in [1.82, 2.24) is 5.32 Å². The molecule has 5 nitrogen and oxygen atoms in total. The van der Waals surface area contributed by atoms with Crippen molar-refractivity contribution in [3.05, 3.63) is 65.2 Å². The van der Waals surface area contributed by atoms with Gasteiger partial charge in [-0.3, -0.25) is 9.79 Å². The summed E-state index contributed by atoms with van der Waals surface area (Å²) in [7, 11) is -10.1. The number of alkyl halides is 3. The number of nitrogens with one attached hydrogen (secondary N) is 1. The first-order valence-electron chi connectivity index (χ1n) is 9.89. The lowest BCUT2D eigenvalue weighted by atomic mass is 9.84. The summed E-state index contributed by atoms with van der Waals surface area (Å²) in [5, 5.41) is 2.57. The van der Waals surface area contributed by atoms with Crippen LogP contribution in [-0.2, 0) is 11.4 Å². The van der Waals surface area contributed by atoms with E-state index in [0.29, 0.717) is 17.5 Å². The van der Waals surface area contributed by atoms with Crippen LogP contribution >= 0.6 is 10.2 Å². The standard InChI is InChI=1S/C21H16F8N2O3S/c22-21(23,24)34-17-9-12(15-10-19(32)31-20-14(15)7-8-30-20)5-6-13(17)11-33-16-3-1-2-4-18(16)35(25,26,27,28)29/h1-7,9,15H,8,10-11H2,(H,30,31,32). The number of hydrogen-bond acceptors (Lipinski definition) is 4. The van der Waals surface area contributed by atoms with Gasteiger partial charge in [0.25, 0.3) is 0 Å². The SMILES string of the molecule is O=C1CC(c2ccc(COc3ccccc3S(F)(F)(F)(F)F)c(OC(F)(F)F)c2)C2=CCN=C2N1. The third kappa shape index (κ3) is 5.69. The molecular weight excluding hydrogens is 512 g/mol. The Kier molecular flexibility index (Phi) is 5.39. The van der Waals surface area contributed by atoms with Gasteiger partial charge in [-0.05, 0) is 23.8 Å². The molecule has 2 aliphatic rings. The largest absolute Gasteiger partial charge is 0.573 e. The first-order valence-corrected chi connectivity index (χ1v) is 11.8. The minimum atomic E-state index is -10.1. The molecule has 1 saturated heterocycles. The molecule has 14 heteroatoms. The molecule has 0 saturated carbocycles.